The van der Waals surface area contributed by atoms with Crippen molar-refractivity contribution in [3.05, 3.63) is 59.9 Å². The number of rotatable bonds is 3. The van der Waals surface area contributed by atoms with Gasteiger partial charge >= 0.3 is 6.09 Å². The van der Waals surface area contributed by atoms with Gasteiger partial charge in [0, 0.05) is 11.6 Å². The monoisotopic (exact) mass is 301 g/mol. The Kier molecular flexibility index (Phi) is 4.23. The number of hydrogen-bond donors (Lipinski definition) is 1. The fourth-order valence-electron chi connectivity index (χ4n) is 2.38. The minimum absolute atomic E-state index is 0.133. The van der Waals surface area contributed by atoms with Gasteiger partial charge in [-0.2, -0.15) is 0 Å². The van der Waals surface area contributed by atoms with Crippen LogP contribution in [0, 0.1) is 11.7 Å². The molecule has 0 saturated carbocycles. The Morgan fingerprint density at radius 2 is 2.00 bits per heavy atom. The van der Waals surface area contributed by atoms with Crippen LogP contribution in [0.4, 0.5) is 14.9 Å². The van der Waals surface area contributed by atoms with Gasteiger partial charge in [-0.1, -0.05) is 18.2 Å². The molecule has 1 heterocycles. The molecule has 5 heteroatoms. The van der Waals surface area contributed by atoms with Crippen molar-refractivity contribution in [2.24, 2.45) is 5.92 Å². The number of hydrogen-bond acceptors (Lipinski definition) is 3. The molecule has 114 valence electrons. The van der Waals surface area contributed by atoms with Gasteiger partial charge in [-0.05, 0) is 42.3 Å². The molecule has 4 nitrogen and oxygen atoms in total. The van der Waals surface area contributed by atoms with E-state index in [1.54, 1.807) is 0 Å². The van der Waals surface area contributed by atoms with Crippen LogP contribution in [0.1, 0.15) is 5.56 Å². The molecule has 0 unspecified atom stereocenters. The molecule has 0 aliphatic carbocycles. The van der Waals surface area contributed by atoms with E-state index in [2.05, 4.69) is 5.32 Å². The van der Waals surface area contributed by atoms with E-state index in [9.17, 15) is 9.18 Å². The number of anilines is 1. The first kappa shape index (κ1) is 14.4. The molecule has 0 radical (unpaired) electrons. The van der Waals surface area contributed by atoms with E-state index in [0.717, 1.165) is 17.7 Å². The molecule has 2 aromatic rings. The zero-order valence-electron chi connectivity index (χ0n) is 11.9. The van der Waals surface area contributed by atoms with E-state index in [4.69, 9.17) is 9.47 Å². The van der Waals surface area contributed by atoms with Crippen molar-refractivity contribution in [2.75, 3.05) is 18.5 Å². The van der Waals surface area contributed by atoms with Crippen molar-refractivity contribution in [2.45, 2.75) is 6.42 Å². The Bertz CT molecular complexity index is 657. The lowest BCUT2D eigenvalue weighted by atomic mass is 9.98. The number of halogens is 1. The lowest BCUT2D eigenvalue weighted by molar-refractivity contribution is 0.112. The second kappa shape index (κ2) is 6.47. The van der Waals surface area contributed by atoms with Crippen LogP contribution in [-0.4, -0.2) is 19.3 Å². The summed E-state index contributed by atoms with van der Waals surface area (Å²) in [7, 11) is 0. The average Bonchev–Trinajstić information content (AvgIpc) is 2.55. The fraction of sp³-hybridized carbons (Fsp3) is 0.235. The van der Waals surface area contributed by atoms with Crippen molar-refractivity contribution in [3.63, 3.8) is 0 Å². The Labute approximate surface area is 127 Å². The molecule has 0 spiro atoms. The van der Waals surface area contributed by atoms with Gasteiger partial charge in [0.1, 0.15) is 11.6 Å². The molecule has 0 fully saturated rings. The van der Waals surface area contributed by atoms with Crippen LogP contribution in [0.5, 0.6) is 5.75 Å². The summed E-state index contributed by atoms with van der Waals surface area (Å²) in [5.74, 6) is 0.681. The minimum Gasteiger partial charge on any atom is -0.493 e. The maximum absolute atomic E-state index is 12.8. The summed E-state index contributed by atoms with van der Waals surface area (Å²) < 4.78 is 23.6. The SMILES string of the molecule is O=C(Nc1ccc(F)cc1)OC[C@@H]1COc2ccccc2C1. The first-order valence-corrected chi connectivity index (χ1v) is 7.11. The van der Waals surface area contributed by atoms with E-state index >= 15 is 0 Å². The number of nitrogens with one attached hydrogen (secondary N) is 1. The molecule has 1 amide bonds. The summed E-state index contributed by atoms with van der Waals surface area (Å²) in [6.07, 6.45) is 0.269. The number of benzene rings is 2. The van der Waals surface area contributed by atoms with E-state index in [0.29, 0.717) is 12.3 Å². The smallest absolute Gasteiger partial charge is 0.411 e. The quantitative estimate of drug-likeness (QED) is 0.942. The first-order chi connectivity index (χ1) is 10.7. The van der Waals surface area contributed by atoms with Crippen molar-refractivity contribution in [1.82, 2.24) is 0 Å². The fourth-order valence-corrected chi connectivity index (χ4v) is 2.38. The molecule has 2 aromatic carbocycles. The Balaban J connectivity index is 1.49. The topological polar surface area (TPSA) is 47.6 Å². The predicted octanol–water partition coefficient (Wildman–Crippen LogP) is 3.63. The molecule has 1 aliphatic rings. The number of fused-ring (bicyclic) bond motifs is 1. The van der Waals surface area contributed by atoms with Crippen LogP contribution in [0.3, 0.4) is 0 Å². The maximum Gasteiger partial charge on any atom is 0.411 e. The van der Waals surface area contributed by atoms with Crippen LogP contribution in [-0.2, 0) is 11.2 Å². The van der Waals surface area contributed by atoms with E-state index < -0.39 is 6.09 Å². The Morgan fingerprint density at radius 1 is 1.23 bits per heavy atom. The Hall–Kier alpha value is -2.56. The molecule has 0 saturated heterocycles. The molecule has 1 aliphatic heterocycles. The molecular weight excluding hydrogens is 285 g/mol. The van der Waals surface area contributed by atoms with E-state index in [1.807, 2.05) is 24.3 Å². The number of amides is 1. The van der Waals surface area contributed by atoms with Crippen molar-refractivity contribution < 1.29 is 18.7 Å². The summed E-state index contributed by atoms with van der Waals surface area (Å²) in [6.45, 7) is 0.808. The number of carbonyl (C=O) groups excluding carboxylic acids is 1. The predicted molar refractivity (Wildman–Crippen MR) is 80.5 cm³/mol. The third kappa shape index (κ3) is 3.55. The van der Waals surface area contributed by atoms with Gasteiger partial charge in [0.15, 0.2) is 0 Å². The second-order valence-electron chi connectivity index (χ2n) is 5.22. The lowest BCUT2D eigenvalue weighted by Crippen LogP contribution is -2.27. The van der Waals surface area contributed by atoms with Gasteiger partial charge in [0.05, 0.1) is 13.2 Å². The number of ether oxygens (including phenoxy) is 2. The first-order valence-electron chi connectivity index (χ1n) is 7.11. The summed E-state index contributed by atoms with van der Waals surface area (Å²) in [5.41, 5.74) is 1.62. The third-order valence-corrected chi connectivity index (χ3v) is 3.50. The third-order valence-electron chi connectivity index (χ3n) is 3.50. The summed E-state index contributed by atoms with van der Waals surface area (Å²) in [5, 5.41) is 2.56. The van der Waals surface area contributed by atoms with Crippen LogP contribution in [0.15, 0.2) is 48.5 Å². The number of para-hydroxylation sites is 1. The van der Waals surface area contributed by atoms with E-state index in [1.165, 1.54) is 24.3 Å². The van der Waals surface area contributed by atoms with Gasteiger partial charge in [0.2, 0.25) is 0 Å². The van der Waals surface area contributed by atoms with Gasteiger partial charge in [-0.25, -0.2) is 9.18 Å². The highest BCUT2D eigenvalue weighted by molar-refractivity contribution is 5.84. The van der Waals surface area contributed by atoms with Gasteiger partial charge in [-0.15, -0.1) is 0 Å². The second-order valence-corrected chi connectivity index (χ2v) is 5.22. The molecule has 0 bridgehead atoms. The van der Waals surface area contributed by atoms with Gasteiger partial charge in [-0.3, -0.25) is 5.32 Å². The zero-order chi connectivity index (χ0) is 15.4. The number of carbonyl (C=O) groups is 1. The van der Waals surface area contributed by atoms with Gasteiger partial charge < -0.3 is 9.47 Å². The normalized spacial score (nSPS) is 16.3. The van der Waals surface area contributed by atoms with Gasteiger partial charge in [0.25, 0.3) is 0 Å². The summed E-state index contributed by atoms with van der Waals surface area (Å²) >= 11 is 0. The van der Waals surface area contributed by atoms with Crippen molar-refractivity contribution in [1.29, 1.82) is 0 Å². The highest BCUT2D eigenvalue weighted by Gasteiger charge is 2.20. The van der Waals surface area contributed by atoms with Crippen molar-refractivity contribution >= 4 is 11.8 Å². The average molecular weight is 301 g/mol. The molecular formula is C17H16FNO3. The van der Waals surface area contributed by atoms with Crippen LogP contribution in [0.2, 0.25) is 0 Å². The minimum atomic E-state index is -0.550. The summed E-state index contributed by atoms with van der Waals surface area (Å²) in [6, 6.07) is 13.4. The van der Waals surface area contributed by atoms with Crippen LogP contribution in [0.25, 0.3) is 0 Å². The molecule has 0 aromatic heterocycles. The zero-order valence-corrected chi connectivity index (χ0v) is 11.9. The highest BCUT2D eigenvalue weighted by Crippen LogP contribution is 2.26. The van der Waals surface area contributed by atoms with Crippen molar-refractivity contribution in [3.8, 4) is 5.75 Å². The van der Waals surface area contributed by atoms with Crippen LogP contribution >= 0.6 is 0 Å². The molecule has 22 heavy (non-hydrogen) atoms. The highest BCUT2D eigenvalue weighted by atomic mass is 19.1. The maximum atomic E-state index is 12.8. The summed E-state index contributed by atoms with van der Waals surface area (Å²) in [4.78, 5) is 11.7. The van der Waals surface area contributed by atoms with Crippen LogP contribution < -0.4 is 10.1 Å². The largest absolute Gasteiger partial charge is 0.493 e. The van der Waals surface area contributed by atoms with E-state index in [-0.39, 0.29) is 18.3 Å². The lowest BCUT2D eigenvalue weighted by Gasteiger charge is -2.24. The molecule has 1 N–H and O–H groups in total. The molecule has 1 atom stereocenters. The standard InChI is InChI=1S/C17H16FNO3/c18-14-5-7-15(8-6-14)19-17(20)22-11-12-9-13-3-1-2-4-16(13)21-10-12/h1-8,12H,9-11H2,(H,19,20)/t12-/m0/s1. The Morgan fingerprint density at radius 3 is 2.82 bits per heavy atom. The molecule has 3 rings (SSSR count).